The fraction of sp³-hybridized carbons (Fsp3) is 0.875. The molecule has 0 spiro atoms. The Kier molecular flexibility index (Phi) is 7.60. The monoisotopic (exact) mass is 314 g/mol. The van der Waals surface area contributed by atoms with Crippen LogP contribution in [0.1, 0.15) is 65.2 Å². The van der Waals surface area contributed by atoms with Crippen LogP contribution >= 0.6 is 12.2 Å². The Morgan fingerprint density at radius 3 is 2.38 bits per heavy atom. The highest BCUT2D eigenvalue weighted by Gasteiger charge is 2.44. The van der Waals surface area contributed by atoms with Crippen LogP contribution in [0.25, 0.3) is 0 Å². The van der Waals surface area contributed by atoms with Gasteiger partial charge in [-0.05, 0) is 25.7 Å². The first-order valence-corrected chi connectivity index (χ1v) is 8.66. The molecule has 1 unspecified atom stereocenters. The first-order valence-electron chi connectivity index (χ1n) is 8.25. The van der Waals surface area contributed by atoms with Crippen molar-refractivity contribution in [3.05, 3.63) is 0 Å². The van der Waals surface area contributed by atoms with E-state index >= 15 is 0 Å². The van der Waals surface area contributed by atoms with Gasteiger partial charge in [-0.2, -0.15) is 0 Å². The molecule has 0 saturated carbocycles. The SMILES string of the molecule is CCCC(CCC)(C(=O)N1CCCCCC1CO)C(N)=S. The minimum atomic E-state index is -0.726. The Morgan fingerprint density at radius 1 is 1.29 bits per heavy atom. The molecule has 0 bridgehead atoms. The summed E-state index contributed by atoms with van der Waals surface area (Å²) >= 11 is 5.28. The summed E-state index contributed by atoms with van der Waals surface area (Å²) in [6, 6.07) is -0.0811. The summed E-state index contributed by atoms with van der Waals surface area (Å²) in [4.78, 5) is 15.4. The van der Waals surface area contributed by atoms with Crippen LogP contribution in [0.15, 0.2) is 0 Å². The maximum atomic E-state index is 13.2. The number of likely N-dealkylation sites (tertiary alicyclic amines) is 1. The van der Waals surface area contributed by atoms with Crippen molar-refractivity contribution in [1.29, 1.82) is 0 Å². The Hall–Kier alpha value is -0.680. The predicted molar refractivity (Wildman–Crippen MR) is 90.1 cm³/mol. The van der Waals surface area contributed by atoms with Crippen LogP contribution in [0.4, 0.5) is 0 Å². The summed E-state index contributed by atoms with van der Waals surface area (Å²) in [5, 5.41) is 9.64. The van der Waals surface area contributed by atoms with Gasteiger partial charge in [0.25, 0.3) is 0 Å². The third kappa shape index (κ3) is 4.16. The molecule has 0 aliphatic carbocycles. The molecule has 1 aliphatic rings. The molecule has 1 heterocycles. The van der Waals surface area contributed by atoms with Gasteiger partial charge in [-0.1, -0.05) is 51.7 Å². The highest BCUT2D eigenvalue weighted by Crippen LogP contribution is 2.35. The van der Waals surface area contributed by atoms with Gasteiger partial charge >= 0.3 is 0 Å². The molecule has 0 aromatic heterocycles. The van der Waals surface area contributed by atoms with E-state index < -0.39 is 5.41 Å². The van der Waals surface area contributed by atoms with Crippen molar-refractivity contribution < 1.29 is 9.90 Å². The van der Waals surface area contributed by atoms with Crippen molar-refractivity contribution in [3.8, 4) is 0 Å². The Labute approximate surface area is 134 Å². The minimum absolute atomic E-state index is 0.0252. The van der Waals surface area contributed by atoms with Crippen molar-refractivity contribution in [2.45, 2.75) is 71.3 Å². The third-order valence-corrected chi connectivity index (χ3v) is 4.97. The van der Waals surface area contributed by atoms with Gasteiger partial charge in [0, 0.05) is 6.54 Å². The van der Waals surface area contributed by atoms with Crippen molar-refractivity contribution in [2.24, 2.45) is 11.1 Å². The highest BCUT2D eigenvalue weighted by molar-refractivity contribution is 7.80. The van der Waals surface area contributed by atoms with Crippen molar-refractivity contribution in [2.75, 3.05) is 13.2 Å². The summed E-state index contributed by atoms with van der Waals surface area (Å²) in [6.45, 7) is 4.85. The molecule has 1 rings (SSSR count). The summed E-state index contributed by atoms with van der Waals surface area (Å²) in [5.41, 5.74) is 5.27. The van der Waals surface area contributed by atoms with E-state index in [4.69, 9.17) is 18.0 Å². The Balaban J connectivity index is 3.08. The van der Waals surface area contributed by atoms with Gasteiger partial charge < -0.3 is 15.7 Å². The van der Waals surface area contributed by atoms with Gasteiger partial charge in [0.1, 0.15) is 0 Å². The lowest BCUT2D eigenvalue weighted by Crippen LogP contribution is -2.54. The number of hydrogen-bond acceptors (Lipinski definition) is 3. The summed E-state index contributed by atoms with van der Waals surface area (Å²) in [7, 11) is 0. The van der Waals surface area contributed by atoms with Crippen LogP contribution in [-0.2, 0) is 4.79 Å². The molecule has 0 aromatic carbocycles. The zero-order chi connectivity index (χ0) is 15.9. The van der Waals surface area contributed by atoms with E-state index in [1.165, 1.54) is 0 Å². The minimum Gasteiger partial charge on any atom is -0.394 e. The maximum Gasteiger partial charge on any atom is 0.235 e. The molecule has 1 saturated heterocycles. The quantitative estimate of drug-likeness (QED) is 0.709. The third-order valence-electron chi connectivity index (χ3n) is 4.58. The lowest BCUT2D eigenvalue weighted by molar-refractivity contribution is -0.142. The van der Waals surface area contributed by atoms with E-state index in [0.717, 1.165) is 38.5 Å². The normalized spacial score (nSPS) is 20.1. The van der Waals surface area contributed by atoms with Crippen LogP contribution in [-0.4, -0.2) is 40.1 Å². The van der Waals surface area contributed by atoms with E-state index in [2.05, 4.69) is 13.8 Å². The van der Waals surface area contributed by atoms with E-state index in [9.17, 15) is 9.90 Å². The second kappa shape index (κ2) is 8.69. The van der Waals surface area contributed by atoms with Gasteiger partial charge in [-0.3, -0.25) is 4.79 Å². The Morgan fingerprint density at radius 2 is 1.90 bits per heavy atom. The van der Waals surface area contributed by atoms with Crippen LogP contribution in [0.2, 0.25) is 0 Å². The van der Waals surface area contributed by atoms with Gasteiger partial charge in [0.2, 0.25) is 5.91 Å². The van der Waals surface area contributed by atoms with Crippen LogP contribution in [0, 0.1) is 5.41 Å². The van der Waals surface area contributed by atoms with Crippen LogP contribution in [0.3, 0.4) is 0 Å². The van der Waals surface area contributed by atoms with Crippen molar-refractivity contribution >= 4 is 23.1 Å². The van der Waals surface area contributed by atoms with E-state index in [1.54, 1.807) is 0 Å². The lowest BCUT2D eigenvalue weighted by atomic mass is 9.77. The molecular formula is C16H30N2O2S. The first kappa shape index (κ1) is 18.4. The molecule has 122 valence electrons. The fourth-order valence-electron chi connectivity index (χ4n) is 3.45. The zero-order valence-corrected chi connectivity index (χ0v) is 14.3. The molecule has 1 aliphatic heterocycles. The van der Waals surface area contributed by atoms with Gasteiger partial charge in [0.05, 0.1) is 23.1 Å². The highest BCUT2D eigenvalue weighted by atomic mass is 32.1. The number of aliphatic hydroxyl groups excluding tert-OH is 1. The van der Waals surface area contributed by atoms with Gasteiger partial charge in [-0.25, -0.2) is 0 Å². The molecule has 3 N–H and O–H groups in total. The molecule has 0 aromatic rings. The maximum absolute atomic E-state index is 13.2. The average Bonchev–Trinajstić information content (AvgIpc) is 2.70. The van der Waals surface area contributed by atoms with E-state index in [0.29, 0.717) is 24.4 Å². The van der Waals surface area contributed by atoms with Crippen LogP contribution < -0.4 is 5.73 Å². The smallest absolute Gasteiger partial charge is 0.235 e. The molecular weight excluding hydrogens is 284 g/mol. The van der Waals surface area contributed by atoms with Crippen molar-refractivity contribution in [3.63, 3.8) is 0 Å². The fourth-order valence-corrected chi connectivity index (χ4v) is 3.75. The molecule has 5 heteroatoms. The topological polar surface area (TPSA) is 66.6 Å². The Bertz CT molecular complexity index is 354. The first-order chi connectivity index (χ1) is 10.0. The predicted octanol–water partition coefficient (Wildman–Crippen LogP) is 2.62. The second-order valence-corrected chi connectivity index (χ2v) is 6.57. The van der Waals surface area contributed by atoms with Gasteiger partial charge in [0.15, 0.2) is 0 Å². The molecule has 4 nitrogen and oxygen atoms in total. The second-order valence-electron chi connectivity index (χ2n) is 6.13. The number of nitrogens with zero attached hydrogens (tertiary/aromatic N) is 1. The summed E-state index contributed by atoms with van der Waals surface area (Å²) < 4.78 is 0. The van der Waals surface area contributed by atoms with E-state index in [1.807, 2.05) is 4.90 Å². The number of hydrogen-bond donors (Lipinski definition) is 2. The molecule has 1 fully saturated rings. The number of carbonyl (C=O) groups is 1. The molecule has 0 radical (unpaired) electrons. The largest absolute Gasteiger partial charge is 0.394 e. The van der Waals surface area contributed by atoms with Crippen molar-refractivity contribution in [1.82, 2.24) is 4.90 Å². The number of thiocarbonyl (C=S) groups is 1. The number of carbonyl (C=O) groups excluding carboxylic acids is 1. The van der Waals surface area contributed by atoms with Gasteiger partial charge in [-0.15, -0.1) is 0 Å². The number of amides is 1. The lowest BCUT2D eigenvalue weighted by Gasteiger charge is -2.39. The molecule has 1 atom stereocenters. The molecule has 1 amide bonds. The molecule has 21 heavy (non-hydrogen) atoms. The number of nitrogens with two attached hydrogens (primary N) is 1. The zero-order valence-electron chi connectivity index (χ0n) is 13.4. The average molecular weight is 314 g/mol. The standard InChI is InChI=1S/C16H30N2O2S/c1-3-9-16(10-4-2,14(17)21)15(20)18-11-7-5-6-8-13(18)12-19/h13,19H,3-12H2,1-2H3,(H2,17,21). The van der Waals surface area contributed by atoms with E-state index in [-0.39, 0.29) is 18.6 Å². The van der Waals surface area contributed by atoms with Crippen LogP contribution in [0.5, 0.6) is 0 Å². The number of aliphatic hydroxyl groups is 1. The number of rotatable bonds is 7. The summed E-state index contributed by atoms with van der Waals surface area (Å²) in [6.07, 6.45) is 7.19. The summed E-state index contributed by atoms with van der Waals surface area (Å²) in [5.74, 6) is 0.0413.